The number of hydrazone groups is 2. The maximum atomic E-state index is 14.7. The molecule has 0 saturated carbocycles. The summed E-state index contributed by atoms with van der Waals surface area (Å²) in [5, 5.41) is 13.5. The second-order valence-corrected chi connectivity index (χ2v) is 6.10. The topological polar surface area (TPSA) is 98.8 Å². The van der Waals surface area contributed by atoms with Crippen LogP contribution < -0.4 is 21.0 Å². The summed E-state index contributed by atoms with van der Waals surface area (Å²) in [6, 6.07) is 2.19. The van der Waals surface area contributed by atoms with Crippen LogP contribution in [0.2, 0.25) is 0 Å². The highest BCUT2D eigenvalue weighted by atomic mass is 19.1. The van der Waals surface area contributed by atoms with Crippen LogP contribution in [0.4, 0.5) is 25.0 Å². The molecule has 1 amide bonds. The van der Waals surface area contributed by atoms with Crippen molar-refractivity contribution in [2.24, 2.45) is 15.9 Å². The lowest BCUT2D eigenvalue weighted by Crippen LogP contribution is -2.30. The van der Waals surface area contributed by atoms with Crippen molar-refractivity contribution in [3.8, 4) is 0 Å². The van der Waals surface area contributed by atoms with E-state index in [9.17, 15) is 13.6 Å². The van der Waals surface area contributed by atoms with Gasteiger partial charge in [0.2, 0.25) is 0 Å². The first-order chi connectivity index (χ1) is 13.5. The van der Waals surface area contributed by atoms with Crippen molar-refractivity contribution in [2.45, 2.75) is 6.10 Å². The Hall–Kier alpha value is -3.21. The molecule has 0 aliphatic carbocycles. The quantitative estimate of drug-likeness (QED) is 0.553. The predicted molar refractivity (Wildman–Crippen MR) is 102 cm³/mol. The van der Waals surface area contributed by atoms with Gasteiger partial charge in [0.1, 0.15) is 11.8 Å². The molecule has 1 aromatic carbocycles. The molecular formula is C17H21F2N7O2. The number of anilines is 2. The Morgan fingerprint density at radius 3 is 2.89 bits per heavy atom. The highest BCUT2D eigenvalue weighted by molar-refractivity contribution is 5.90. The zero-order valence-corrected chi connectivity index (χ0v) is 15.1. The number of hydrogen-bond acceptors (Lipinski definition) is 8. The maximum absolute atomic E-state index is 14.7. The molecule has 9 nitrogen and oxygen atoms in total. The van der Waals surface area contributed by atoms with Crippen LogP contribution in [0, 0.1) is 11.6 Å². The number of rotatable bonds is 6. The molecule has 1 saturated heterocycles. The highest BCUT2D eigenvalue weighted by Gasteiger charge is 2.34. The molecule has 3 rings (SSSR count). The average Bonchev–Trinajstić information content (AvgIpc) is 2.85. The van der Waals surface area contributed by atoms with Gasteiger partial charge in [-0.3, -0.25) is 14.9 Å². The van der Waals surface area contributed by atoms with E-state index in [2.05, 4.69) is 22.2 Å². The number of halogens is 2. The first-order valence-electron chi connectivity index (χ1n) is 8.63. The Bertz CT molecular complexity index is 779. The summed E-state index contributed by atoms with van der Waals surface area (Å²) < 4.78 is 34.6. The van der Waals surface area contributed by atoms with Crippen LogP contribution in [-0.2, 0) is 4.74 Å². The average molecular weight is 393 g/mol. The third kappa shape index (κ3) is 4.19. The van der Waals surface area contributed by atoms with Gasteiger partial charge in [-0.25, -0.2) is 13.6 Å². The predicted octanol–water partition coefficient (Wildman–Crippen LogP) is 1.03. The molecule has 0 spiro atoms. The number of hydrogen-bond donors (Lipinski definition) is 2. The molecule has 1 fully saturated rings. The van der Waals surface area contributed by atoms with E-state index >= 15 is 0 Å². The maximum Gasteiger partial charge on any atom is 0.414 e. The molecule has 28 heavy (non-hydrogen) atoms. The number of carbonyl (C=O) groups is 1. The van der Waals surface area contributed by atoms with E-state index in [1.54, 1.807) is 0 Å². The Balaban J connectivity index is 1.78. The molecular weight excluding hydrogens is 372 g/mol. The summed E-state index contributed by atoms with van der Waals surface area (Å²) in [4.78, 5) is 13.3. The normalized spacial score (nSPS) is 19.8. The zero-order chi connectivity index (χ0) is 20.1. The summed E-state index contributed by atoms with van der Waals surface area (Å²) >= 11 is 0. The second-order valence-electron chi connectivity index (χ2n) is 6.10. The minimum absolute atomic E-state index is 0.0654. The first-order valence-corrected chi connectivity index (χ1v) is 8.63. The van der Waals surface area contributed by atoms with E-state index in [4.69, 9.17) is 10.5 Å². The molecule has 0 aromatic heterocycles. The molecule has 0 radical (unpaired) electrons. The zero-order valence-electron chi connectivity index (χ0n) is 15.1. The van der Waals surface area contributed by atoms with Crippen LogP contribution in [0.3, 0.4) is 0 Å². The van der Waals surface area contributed by atoms with Gasteiger partial charge in [-0.1, -0.05) is 0 Å². The van der Waals surface area contributed by atoms with Crippen molar-refractivity contribution >= 4 is 30.4 Å². The molecule has 2 aliphatic rings. The van der Waals surface area contributed by atoms with E-state index in [1.165, 1.54) is 33.5 Å². The van der Waals surface area contributed by atoms with Crippen molar-refractivity contribution < 1.29 is 18.3 Å². The fourth-order valence-electron chi connectivity index (χ4n) is 2.97. The molecule has 3 N–H and O–H groups in total. The van der Waals surface area contributed by atoms with Gasteiger partial charge in [-0.15, -0.1) is 0 Å². The summed E-state index contributed by atoms with van der Waals surface area (Å²) in [5.41, 5.74) is 5.12. The Morgan fingerprint density at radius 2 is 2.21 bits per heavy atom. The van der Waals surface area contributed by atoms with E-state index in [-0.39, 0.29) is 24.5 Å². The number of nitrogens with one attached hydrogen (secondary N) is 1. The fourth-order valence-corrected chi connectivity index (χ4v) is 2.97. The first kappa shape index (κ1) is 19.5. The van der Waals surface area contributed by atoms with Crippen molar-refractivity contribution in [2.75, 3.05) is 42.6 Å². The minimum atomic E-state index is -0.814. The number of amides is 1. The molecule has 150 valence electrons. The molecule has 2 aliphatic heterocycles. The summed E-state index contributed by atoms with van der Waals surface area (Å²) in [7, 11) is 0. The summed E-state index contributed by atoms with van der Waals surface area (Å²) in [5.74, 6) is -1.63. The van der Waals surface area contributed by atoms with Crippen molar-refractivity contribution in [3.05, 3.63) is 36.2 Å². The van der Waals surface area contributed by atoms with E-state index < -0.39 is 23.8 Å². The third-order valence-electron chi connectivity index (χ3n) is 4.23. The van der Waals surface area contributed by atoms with Gasteiger partial charge in [0.05, 0.1) is 25.3 Å². The molecule has 1 atom stereocenters. The highest BCUT2D eigenvalue weighted by Crippen LogP contribution is 2.31. The molecule has 11 heteroatoms. The van der Waals surface area contributed by atoms with E-state index in [1.807, 2.05) is 0 Å². The fraction of sp³-hybridized carbons (Fsp3) is 0.353. The lowest BCUT2D eigenvalue weighted by atomic mass is 10.2. The molecule has 0 unspecified atom stereocenters. The van der Waals surface area contributed by atoms with Crippen LogP contribution in [0.15, 0.2) is 34.7 Å². The van der Waals surface area contributed by atoms with Crippen LogP contribution in [-0.4, -0.2) is 62.9 Å². The molecule has 0 bridgehead atoms. The largest absolute Gasteiger partial charge is 0.442 e. The standard InChI is InChI=1S/C17H21F2N7O2/c1-21-24(6-2-20)10-13-11-25(17(27)28-13)12-8-14(18)16(15(19)9-12)26-7-5-22-3-4-23-26/h2,4,6,8-9,13,22H,1,3,5,7,10-11,20H2/b6-2-/t13-/m0/s1. The van der Waals surface area contributed by atoms with Gasteiger partial charge in [-0.05, 0) is 0 Å². The number of cyclic esters (lactones) is 1. The SMILES string of the molecule is C=NN(/C=C\N)C[C@H]1CN(c2cc(F)c(N3CCNCC=N3)c(F)c2)C(=O)O1. The van der Waals surface area contributed by atoms with Gasteiger partial charge in [-0.2, -0.15) is 10.2 Å². The number of ether oxygens (including phenoxy) is 1. The Morgan fingerprint density at radius 1 is 1.46 bits per heavy atom. The lowest BCUT2D eigenvalue weighted by molar-refractivity contribution is 0.123. The van der Waals surface area contributed by atoms with Crippen molar-refractivity contribution in [3.63, 3.8) is 0 Å². The smallest absolute Gasteiger partial charge is 0.414 e. The summed E-state index contributed by atoms with van der Waals surface area (Å²) in [6.07, 6.45) is 3.01. The summed E-state index contributed by atoms with van der Waals surface area (Å²) in [6.45, 7) is 5.08. The van der Waals surface area contributed by atoms with Gasteiger partial charge in [0.25, 0.3) is 0 Å². The van der Waals surface area contributed by atoms with Gasteiger partial charge < -0.3 is 15.8 Å². The van der Waals surface area contributed by atoms with Crippen LogP contribution >= 0.6 is 0 Å². The molecule has 2 heterocycles. The van der Waals surface area contributed by atoms with Gasteiger partial charge in [0, 0.05) is 50.6 Å². The van der Waals surface area contributed by atoms with E-state index in [0.29, 0.717) is 19.6 Å². The third-order valence-corrected chi connectivity index (χ3v) is 4.23. The van der Waals surface area contributed by atoms with Gasteiger partial charge >= 0.3 is 6.09 Å². The Kier molecular flexibility index (Phi) is 6.04. The van der Waals surface area contributed by atoms with Crippen molar-refractivity contribution in [1.29, 1.82) is 0 Å². The lowest BCUT2D eigenvalue weighted by Gasteiger charge is -2.21. The monoisotopic (exact) mass is 393 g/mol. The minimum Gasteiger partial charge on any atom is -0.442 e. The van der Waals surface area contributed by atoms with E-state index in [0.717, 1.165) is 12.1 Å². The number of carbonyl (C=O) groups excluding carboxylic acids is 1. The van der Waals surface area contributed by atoms with Crippen LogP contribution in [0.5, 0.6) is 0 Å². The number of nitrogens with two attached hydrogens (primary N) is 1. The second kappa shape index (κ2) is 8.65. The van der Waals surface area contributed by atoms with Gasteiger partial charge in [0.15, 0.2) is 11.6 Å². The van der Waals surface area contributed by atoms with Crippen LogP contribution in [0.25, 0.3) is 0 Å². The number of benzene rings is 1. The van der Waals surface area contributed by atoms with Crippen LogP contribution in [0.1, 0.15) is 0 Å². The number of nitrogens with zero attached hydrogens (tertiary/aromatic N) is 5. The molecule has 1 aromatic rings. The Labute approximate surface area is 160 Å². The van der Waals surface area contributed by atoms with Crippen molar-refractivity contribution in [1.82, 2.24) is 10.3 Å².